The Morgan fingerprint density at radius 1 is 1.42 bits per heavy atom. The Morgan fingerprint density at radius 3 is 2.74 bits per heavy atom. The summed E-state index contributed by atoms with van der Waals surface area (Å²) in [4.78, 5) is 12.5. The zero-order valence-corrected chi connectivity index (χ0v) is 11.3. The van der Waals surface area contributed by atoms with Gasteiger partial charge >= 0.3 is 0 Å². The van der Waals surface area contributed by atoms with Crippen LogP contribution < -0.4 is 15.8 Å². The van der Waals surface area contributed by atoms with Crippen LogP contribution in [0.5, 0.6) is 5.75 Å². The number of anilines is 1. The van der Waals surface area contributed by atoms with Gasteiger partial charge in [-0.15, -0.1) is 5.10 Å². The molecule has 8 heteroatoms. The van der Waals surface area contributed by atoms with E-state index in [1.54, 1.807) is 24.3 Å². The van der Waals surface area contributed by atoms with Crippen LogP contribution in [-0.4, -0.2) is 27.1 Å². The summed E-state index contributed by atoms with van der Waals surface area (Å²) in [5.41, 5.74) is 5.98. The number of aromatic nitrogens is 2. The molecule has 0 aliphatic heterocycles. The van der Waals surface area contributed by atoms with Gasteiger partial charge in [0.25, 0.3) is 5.91 Å². The normalized spacial score (nSPS) is 9.89. The number of nitrogens with two attached hydrogens (primary N) is 1. The van der Waals surface area contributed by atoms with Crippen molar-refractivity contribution < 1.29 is 9.53 Å². The van der Waals surface area contributed by atoms with Gasteiger partial charge in [-0.2, -0.15) is 0 Å². The van der Waals surface area contributed by atoms with E-state index in [-0.39, 0.29) is 17.5 Å². The quantitative estimate of drug-likeness (QED) is 0.811. The first-order valence-corrected chi connectivity index (χ1v) is 6.43. The SMILES string of the molecule is NC(=S)COc1ccc(NC(=O)c2cnns2)cc1. The molecule has 0 fully saturated rings. The first kappa shape index (κ1) is 13.4. The average molecular weight is 294 g/mol. The zero-order valence-electron chi connectivity index (χ0n) is 9.70. The lowest BCUT2D eigenvalue weighted by molar-refractivity contribution is 0.103. The van der Waals surface area contributed by atoms with E-state index < -0.39 is 0 Å². The van der Waals surface area contributed by atoms with E-state index in [0.717, 1.165) is 11.5 Å². The van der Waals surface area contributed by atoms with Crippen LogP contribution in [0.15, 0.2) is 30.5 Å². The summed E-state index contributed by atoms with van der Waals surface area (Å²) in [5.74, 6) is 0.386. The lowest BCUT2D eigenvalue weighted by Gasteiger charge is -2.06. The molecule has 0 aliphatic rings. The predicted molar refractivity (Wildman–Crippen MR) is 76.6 cm³/mol. The molecular formula is C11H10N4O2S2. The van der Waals surface area contributed by atoms with Crippen LogP contribution in [0.1, 0.15) is 9.67 Å². The summed E-state index contributed by atoms with van der Waals surface area (Å²) in [6.45, 7) is 0.188. The second kappa shape index (κ2) is 6.21. The molecule has 0 spiro atoms. The van der Waals surface area contributed by atoms with Crippen LogP contribution in [0.2, 0.25) is 0 Å². The van der Waals surface area contributed by atoms with Gasteiger partial charge in [-0.25, -0.2) is 0 Å². The molecule has 1 amide bonds. The predicted octanol–water partition coefficient (Wildman–Crippen LogP) is 1.46. The van der Waals surface area contributed by atoms with Crippen molar-refractivity contribution in [1.82, 2.24) is 9.59 Å². The fourth-order valence-electron chi connectivity index (χ4n) is 1.25. The molecule has 0 radical (unpaired) electrons. The molecule has 0 saturated heterocycles. The molecule has 0 unspecified atom stereocenters. The van der Waals surface area contributed by atoms with E-state index in [1.807, 2.05) is 0 Å². The standard InChI is InChI=1S/C11H10N4O2S2/c12-10(18)6-17-8-3-1-7(2-4-8)14-11(16)9-5-13-15-19-9/h1-5H,6H2,(H2,12,18)(H,14,16). The van der Waals surface area contributed by atoms with Crippen molar-refractivity contribution in [3.63, 3.8) is 0 Å². The summed E-state index contributed by atoms with van der Waals surface area (Å²) < 4.78 is 8.93. The molecule has 0 saturated carbocycles. The van der Waals surface area contributed by atoms with Crippen molar-refractivity contribution in [2.45, 2.75) is 0 Å². The minimum Gasteiger partial charge on any atom is -0.487 e. The van der Waals surface area contributed by atoms with Crippen molar-refractivity contribution >= 4 is 40.3 Å². The third kappa shape index (κ3) is 3.97. The van der Waals surface area contributed by atoms with Crippen molar-refractivity contribution in [2.24, 2.45) is 5.73 Å². The smallest absolute Gasteiger partial charge is 0.269 e. The number of hydrogen-bond donors (Lipinski definition) is 2. The number of carbonyl (C=O) groups excluding carboxylic acids is 1. The summed E-state index contributed by atoms with van der Waals surface area (Å²) in [5, 5.41) is 6.33. The molecule has 1 aromatic heterocycles. The highest BCUT2D eigenvalue weighted by molar-refractivity contribution is 7.80. The van der Waals surface area contributed by atoms with Gasteiger partial charge in [-0.1, -0.05) is 16.7 Å². The highest BCUT2D eigenvalue weighted by Crippen LogP contribution is 2.16. The Kier molecular flexibility index (Phi) is 4.37. The highest BCUT2D eigenvalue weighted by atomic mass is 32.1. The van der Waals surface area contributed by atoms with Crippen LogP contribution in [-0.2, 0) is 0 Å². The first-order chi connectivity index (χ1) is 9.15. The van der Waals surface area contributed by atoms with Gasteiger partial charge in [0, 0.05) is 5.69 Å². The number of ether oxygens (including phenoxy) is 1. The second-order valence-electron chi connectivity index (χ2n) is 3.52. The third-order valence-corrected chi connectivity index (χ3v) is 2.86. The number of thiocarbonyl (C=S) groups is 1. The van der Waals surface area contributed by atoms with E-state index in [2.05, 4.69) is 14.9 Å². The van der Waals surface area contributed by atoms with Gasteiger partial charge in [0.1, 0.15) is 22.2 Å². The van der Waals surface area contributed by atoms with Gasteiger partial charge in [0.2, 0.25) is 0 Å². The molecule has 3 N–H and O–H groups in total. The molecule has 0 bridgehead atoms. The maximum absolute atomic E-state index is 11.7. The topological polar surface area (TPSA) is 90.1 Å². The van der Waals surface area contributed by atoms with E-state index in [0.29, 0.717) is 16.3 Å². The molecule has 98 valence electrons. The van der Waals surface area contributed by atoms with Gasteiger partial charge in [-0.05, 0) is 35.8 Å². The Labute approximate surface area is 118 Å². The number of carbonyl (C=O) groups is 1. The summed E-state index contributed by atoms with van der Waals surface area (Å²) >= 11 is 5.75. The van der Waals surface area contributed by atoms with Crippen LogP contribution in [0.25, 0.3) is 0 Å². The largest absolute Gasteiger partial charge is 0.487 e. The minimum atomic E-state index is -0.244. The fourth-order valence-corrected chi connectivity index (χ4v) is 1.72. The first-order valence-electron chi connectivity index (χ1n) is 5.25. The number of amides is 1. The maximum Gasteiger partial charge on any atom is 0.269 e. The Balaban J connectivity index is 1.95. The van der Waals surface area contributed by atoms with Crippen LogP contribution in [0.4, 0.5) is 5.69 Å². The molecule has 6 nitrogen and oxygen atoms in total. The highest BCUT2D eigenvalue weighted by Gasteiger charge is 2.08. The molecule has 19 heavy (non-hydrogen) atoms. The van der Waals surface area contributed by atoms with E-state index in [9.17, 15) is 4.79 Å². The van der Waals surface area contributed by atoms with Crippen molar-refractivity contribution in [2.75, 3.05) is 11.9 Å². The molecule has 0 aliphatic carbocycles. The lowest BCUT2D eigenvalue weighted by atomic mass is 10.3. The molecule has 2 aromatic rings. The summed E-state index contributed by atoms with van der Waals surface area (Å²) in [6, 6.07) is 6.89. The Morgan fingerprint density at radius 2 is 2.16 bits per heavy atom. The molecular weight excluding hydrogens is 284 g/mol. The minimum absolute atomic E-state index is 0.188. The molecule has 1 aromatic carbocycles. The molecule has 2 rings (SSSR count). The maximum atomic E-state index is 11.7. The summed E-state index contributed by atoms with van der Waals surface area (Å²) in [7, 11) is 0. The van der Waals surface area contributed by atoms with Crippen LogP contribution in [0.3, 0.4) is 0 Å². The van der Waals surface area contributed by atoms with E-state index in [1.165, 1.54) is 6.20 Å². The monoisotopic (exact) mass is 294 g/mol. The van der Waals surface area contributed by atoms with Crippen LogP contribution >= 0.6 is 23.8 Å². The molecule has 1 heterocycles. The average Bonchev–Trinajstić information content (AvgIpc) is 2.92. The molecule has 0 atom stereocenters. The number of nitrogens with zero attached hydrogens (tertiary/aromatic N) is 2. The number of hydrogen-bond acceptors (Lipinski definition) is 6. The Hall–Kier alpha value is -2.06. The van der Waals surface area contributed by atoms with Gasteiger partial charge < -0.3 is 15.8 Å². The Bertz CT molecular complexity index is 569. The zero-order chi connectivity index (χ0) is 13.7. The fraction of sp³-hybridized carbons (Fsp3) is 0.0909. The number of rotatable bonds is 5. The van der Waals surface area contributed by atoms with Crippen molar-refractivity contribution in [3.8, 4) is 5.75 Å². The second-order valence-corrected chi connectivity index (χ2v) is 4.83. The number of benzene rings is 1. The lowest BCUT2D eigenvalue weighted by Crippen LogP contribution is -2.17. The van der Waals surface area contributed by atoms with E-state index in [4.69, 9.17) is 22.7 Å². The van der Waals surface area contributed by atoms with Gasteiger partial charge in [-0.3, -0.25) is 4.79 Å². The number of nitrogens with one attached hydrogen (secondary N) is 1. The van der Waals surface area contributed by atoms with E-state index >= 15 is 0 Å². The summed E-state index contributed by atoms with van der Waals surface area (Å²) in [6.07, 6.45) is 1.42. The van der Waals surface area contributed by atoms with Gasteiger partial charge in [0.15, 0.2) is 0 Å². The third-order valence-electron chi connectivity index (χ3n) is 2.08. The van der Waals surface area contributed by atoms with Crippen molar-refractivity contribution in [1.29, 1.82) is 0 Å². The van der Waals surface area contributed by atoms with Crippen molar-refractivity contribution in [3.05, 3.63) is 35.3 Å². The van der Waals surface area contributed by atoms with Gasteiger partial charge in [0.05, 0.1) is 6.20 Å². The van der Waals surface area contributed by atoms with Crippen LogP contribution in [0, 0.1) is 0 Å².